The number of hydrogen-bond donors (Lipinski definition) is 1. The van der Waals surface area contributed by atoms with Crippen LogP contribution < -0.4 is 4.74 Å². The van der Waals surface area contributed by atoms with Gasteiger partial charge >= 0.3 is 5.97 Å². The number of hydrogen-bond acceptors (Lipinski definition) is 2. The first-order valence-electron chi connectivity index (χ1n) is 7.45. The summed E-state index contributed by atoms with van der Waals surface area (Å²) in [5.74, 6) is -0.0963. The van der Waals surface area contributed by atoms with Crippen molar-refractivity contribution in [1.82, 2.24) is 0 Å². The van der Waals surface area contributed by atoms with E-state index in [4.69, 9.17) is 4.74 Å². The Bertz CT molecular complexity index is 629. The molecule has 1 N–H and O–H groups in total. The maximum atomic E-state index is 11.9. The summed E-state index contributed by atoms with van der Waals surface area (Å²) in [6.07, 6.45) is 1.44. The molecular weight excluding hydrogens is 276 g/mol. The third-order valence-corrected chi connectivity index (χ3v) is 4.19. The summed E-state index contributed by atoms with van der Waals surface area (Å²) < 4.78 is 5.14. The van der Waals surface area contributed by atoms with Crippen molar-refractivity contribution < 1.29 is 14.6 Å². The minimum absolute atomic E-state index is 0.457. The standard InChI is InChI=1S/C19H22O3/c1-4-14-5-7-15(8-6-14)13-19(2,18(20)21)16-9-11-17(22-3)12-10-16/h5-12H,4,13H2,1-3H3,(H,20,21). The van der Waals surface area contributed by atoms with E-state index in [9.17, 15) is 9.90 Å². The zero-order valence-electron chi connectivity index (χ0n) is 13.3. The molecule has 0 aliphatic rings. The predicted molar refractivity (Wildman–Crippen MR) is 87.5 cm³/mol. The Morgan fingerprint density at radius 2 is 1.59 bits per heavy atom. The number of aliphatic carboxylic acids is 1. The lowest BCUT2D eigenvalue weighted by Gasteiger charge is -2.26. The van der Waals surface area contributed by atoms with E-state index in [1.165, 1.54) is 5.56 Å². The molecule has 116 valence electrons. The van der Waals surface area contributed by atoms with Crippen molar-refractivity contribution in [2.75, 3.05) is 7.11 Å². The third-order valence-electron chi connectivity index (χ3n) is 4.19. The SMILES string of the molecule is CCc1ccc(CC(C)(C(=O)O)c2ccc(OC)cc2)cc1. The van der Waals surface area contributed by atoms with Gasteiger partial charge in [0.2, 0.25) is 0 Å². The van der Waals surface area contributed by atoms with Crippen molar-refractivity contribution in [3.05, 3.63) is 65.2 Å². The molecule has 3 nitrogen and oxygen atoms in total. The minimum atomic E-state index is -0.958. The van der Waals surface area contributed by atoms with Crippen LogP contribution in [0.15, 0.2) is 48.5 Å². The number of aryl methyl sites for hydroxylation is 1. The van der Waals surface area contributed by atoms with Gasteiger partial charge in [-0.05, 0) is 48.6 Å². The Hall–Kier alpha value is -2.29. The molecule has 0 aliphatic heterocycles. The van der Waals surface area contributed by atoms with Gasteiger partial charge < -0.3 is 9.84 Å². The quantitative estimate of drug-likeness (QED) is 0.881. The molecule has 0 bridgehead atoms. The van der Waals surface area contributed by atoms with Gasteiger partial charge in [0, 0.05) is 0 Å². The second-order valence-corrected chi connectivity index (χ2v) is 5.71. The highest BCUT2D eigenvalue weighted by Gasteiger charge is 2.35. The van der Waals surface area contributed by atoms with Gasteiger partial charge in [-0.2, -0.15) is 0 Å². The normalized spacial score (nSPS) is 13.4. The lowest BCUT2D eigenvalue weighted by Crippen LogP contribution is -2.34. The fourth-order valence-corrected chi connectivity index (χ4v) is 2.56. The Morgan fingerprint density at radius 1 is 1.05 bits per heavy atom. The van der Waals surface area contributed by atoms with E-state index < -0.39 is 11.4 Å². The first kappa shape index (κ1) is 16.1. The minimum Gasteiger partial charge on any atom is -0.497 e. The third kappa shape index (κ3) is 3.30. The van der Waals surface area contributed by atoms with Gasteiger partial charge in [0.05, 0.1) is 12.5 Å². The Kier molecular flexibility index (Phi) is 4.86. The molecular formula is C19H22O3. The molecule has 0 heterocycles. The fourth-order valence-electron chi connectivity index (χ4n) is 2.56. The van der Waals surface area contributed by atoms with Gasteiger partial charge in [0.15, 0.2) is 0 Å². The van der Waals surface area contributed by atoms with Gasteiger partial charge in [-0.1, -0.05) is 43.3 Å². The molecule has 3 heteroatoms. The molecule has 0 saturated carbocycles. The Labute approximate surface area is 131 Å². The predicted octanol–water partition coefficient (Wildman–Crippen LogP) is 3.84. The van der Waals surface area contributed by atoms with Crippen molar-refractivity contribution in [2.24, 2.45) is 0 Å². The highest BCUT2D eigenvalue weighted by molar-refractivity contribution is 5.81. The maximum Gasteiger partial charge on any atom is 0.314 e. The molecule has 0 fully saturated rings. The van der Waals surface area contributed by atoms with E-state index >= 15 is 0 Å². The zero-order valence-corrected chi connectivity index (χ0v) is 13.3. The van der Waals surface area contributed by atoms with Gasteiger partial charge in [0.1, 0.15) is 5.75 Å². The summed E-state index contributed by atoms with van der Waals surface area (Å²) in [5, 5.41) is 9.74. The molecule has 2 rings (SSSR count). The Balaban J connectivity index is 2.31. The van der Waals surface area contributed by atoms with Crippen LogP contribution in [0, 0.1) is 0 Å². The molecule has 0 amide bonds. The van der Waals surface area contributed by atoms with Gasteiger partial charge in [0.25, 0.3) is 0 Å². The van der Waals surface area contributed by atoms with Crippen LogP contribution in [0.5, 0.6) is 5.75 Å². The van der Waals surface area contributed by atoms with Crippen molar-refractivity contribution in [3.63, 3.8) is 0 Å². The number of benzene rings is 2. The molecule has 0 saturated heterocycles. The highest BCUT2D eigenvalue weighted by atomic mass is 16.5. The van der Waals surface area contributed by atoms with Crippen molar-refractivity contribution in [3.8, 4) is 5.75 Å². The second kappa shape index (κ2) is 6.65. The zero-order chi connectivity index (χ0) is 16.2. The molecule has 0 aliphatic carbocycles. The Morgan fingerprint density at radius 3 is 2.05 bits per heavy atom. The summed E-state index contributed by atoms with van der Waals surface area (Å²) in [6, 6.07) is 15.4. The van der Waals surface area contributed by atoms with Crippen LogP contribution in [-0.4, -0.2) is 18.2 Å². The monoisotopic (exact) mass is 298 g/mol. The van der Waals surface area contributed by atoms with Crippen LogP contribution in [0.1, 0.15) is 30.5 Å². The van der Waals surface area contributed by atoms with Crippen LogP contribution in [-0.2, 0) is 23.1 Å². The molecule has 22 heavy (non-hydrogen) atoms. The summed E-state index contributed by atoms with van der Waals surface area (Å²) in [6.45, 7) is 3.87. The lowest BCUT2D eigenvalue weighted by atomic mass is 9.77. The molecule has 0 radical (unpaired) electrons. The van der Waals surface area contributed by atoms with Gasteiger partial charge in [-0.15, -0.1) is 0 Å². The van der Waals surface area contributed by atoms with Crippen molar-refractivity contribution in [1.29, 1.82) is 0 Å². The highest BCUT2D eigenvalue weighted by Crippen LogP contribution is 2.30. The summed E-state index contributed by atoms with van der Waals surface area (Å²) in [7, 11) is 1.60. The summed E-state index contributed by atoms with van der Waals surface area (Å²) in [5.41, 5.74) is 2.10. The van der Waals surface area contributed by atoms with Crippen molar-refractivity contribution in [2.45, 2.75) is 32.1 Å². The number of carbonyl (C=O) groups is 1. The van der Waals surface area contributed by atoms with Gasteiger partial charge in [-0.3, -0.25) is 4.79 Å². The smallest absolute Gasteiger partial charge is 0.314 e. The van der Waals surface area contributed by atoms with E-state index in [2.05, 4.69) is 19.1 Å². The first-order chi connectivity index (χ1) is 10.5. The van der Waals surface area contributed by atoms with E-state index in [0.29, 0.717) is 6.42 Å². The molecule has 1 atom stereocenters. The molecule has 2 aromatic carbocycles. The van der Waals surface area contributed by atoms with Crippen LogP contribution in [0.2, 0.25) is 0 Å². The number of rotatable bonds is 6. The second-order valence-electron chi connectivity index (χ2n) is 5.71. The van der Waals surface area contributed by atoms with E-state index in [-0.39, 0.29) is 0 Å². The number of carboxylic acids is 1. The molecule has 0 spiro atoms. The number of carboxylic acid groups (broad SMARTS) is 1. The summed E-state index contributed by atoms with van der Waals surface area (Å²) in [4.78, 5) is 11.9. The van der Waals surface area contributed by atoms with Gasteiger partial charge in [-0.25, -0.2) is 0 Å². The van der Waals surface area contributed by atoms with Crippen molar-refractivity contribution >= 4 is 5.97 Å². The van der Waals surface area contributed by atoms with E-state index in [1.807, 2.05) is 24.3 Å². The van der Waals surface area contributed by atoms with E-state index in [1.54, 1.807) is 26.2 Å². The van der Waals surface area contributed by atoms with Crippen LogP contribution >= 0.6 is 0 Å². The average molecular weight is 298 g/mol. The average Bonchev–Trinajstić information content (AvgIpc) is 2.55. The number of ether oxygens (including phenoxy) is 1. The fraction of sp³-hybridized carbons (Fsp3) is 0.316. The molecule has 0 aromatic heterocycles. The topological polar surface area (TPSA) is 46.5 Å². The molecule has 2 aromatic rings. The summed E-state index contributed by atoms with van der Waals surface area (Å²) >= 11 is 0. The lowest BCUT2D eigenvalue weighted by molar-refractivity contribution is -0.143. The van der Waals surface area contributed by atoms with Crippen LogP contribution in [0.25, 0.3) is 0 Å². The molecule has 1 unspecified atom stereocenters. The van der Waals surface area contributed by atoms with Crippen LogP contribution in [0.3, 0.4) is 0 Å². The van der Waals surface area contributed by atoms with E-state index in [0.717, 1.165) is 23.3 Å². The largest absolute Gasteiger partial charge is 0.497 e. The maximum absolute atomic E-state index is 11.9. The first-order valence-corrected chi connectivity index (χ1v) is 7.45. The van der Waals surface area contributed by atoms with Crippen LogP contribution in [0.4, 0.5) is 0 Å². The number of methoxy groups -OCH3 is 1.